The minimum absolute atomic E-state index is 0.617. The van der Waals surface area contributed by atoms with Gasteiger partial charge in [-0.1, -0.05) is 40.2 Å². The van der Waals surface area contributed by atoms with Gasteiger partial charge in [0.15, 0.2) is 0 Å². The fourth-order valence-electron chi connectivity index (χ4n) is 2.93. The second kappa shape index (κ2) is 6.31. The number of hydrogen-bond acceptors (Lipinski definition) is 1. The zero-order valence-electron chi connectivity index (χ0n) is 11.2. The predicted octanol–water partition coefficient (Wildman–Crippen LogP) is 5.74. The van der Waals surface area contributed by atoms with Gasteiger partial charge in [0.25, 0.3) is 0 Å². The molecule has 0 amide bonds. The minimum Gasteiger partial charge on any atom is -0.383 e. The first-order chi connectivity index (χ1) is 9.74. The van der Waals surface area contributed by atoms with Crippen LogP contribution in [-0.4, -0.2) is 6.54 Å². The van der Waals surface area contributed by atoms with Gasteiger partial charge in [-0.15, -0.1) is 0 Å². The van der Waals surface area contributed by atoms with Crippen LogP contribution in [0.2, 0.25) is 0 Å². The van der Waals surface area contributed by atoms with Crippen LogP contribution in [0.5, 0.6) is 0 Å². The maximum absolute atomic E-state index is 3.60. The molecule has 0 aromatic heterocycles. The summed E-state index contributed by atoms with van der Waals surface area (Å²) < 4.78 is 2.22. The van der Waals surface area contributed by atoms with Gasteiger partial charge in [-0.05, 0) is 64.5 Å². The molecule has 0 radical (unpaired) electrons. The third-order valence-electron chi connectivity index (χ3n) is 3.96. The summed E-state index contributed by atoms with van der Waals surface area (Å²) in [6.07, 6.45) is 3.80. The molecule has 1 atom stereocenters. The van der Waals surface area contributed by atoms with E-state index in [2.05, 4.69) is 73.6 Å². The monoisotopic (exact) mass is 393 g/mol. The molecule has 1 unspecified atom stereocenters. The molecule has 1 nitrogen and oxygen atoms in total. The molecule has 20 heavy (non-hydrogen) atoms. The smallest absolute Gasteiger partial charge is 0.0496 e. The number of rotatable bonds is 3. The van der Waals surface area contributed by atoms with E-state index in [1.807, 2.05) is 6.07 Å². The molecule has 2 aromatic rings. The van der Waals surface area contributed by atoms with Crippen molar-refractivity contribution in [2.45, 2.75) is 25.2 Å². The highest BCUT2D eigenvalue weighted by Gasteiger charge is 2.19. The summed E-state index contributed by atoms with van der Waals surface area (Å²) in [5.74, 6) is 0.617. The molecule has 3 rings (SSSR count). The van der Waals surface area contributed by atoms with Crippen molar-refractivity contribution in [1.29, 1.82) is 0 Å². The van der Waals surface area contributed by atoms with Gasteiger partial charge in [-0.3, -0.25) is 0 Å². The van der Waals surface area contributed by atoms with Crippen molar-refractivity contribution >= 4 is 37.5 Å². The number of nitrogens with one attached hydrogen (secondary N) is 1. The molecule has 0 heterocycles. The first-order valence-electron chi connectivity index (χ1n) is 7.01. The molecular formula is C17H17Br2N. The van der Waals surface area contributed by atoms with Gasteiger partial charge < -0.3 is 5.32 Å². The number of hydrogen-bond donors (Lipinski definition) is 1. The standard InChI is InChI=1S/C17H17Br2N/c18-14-8-9-16(19)17(10-14)20-11-13-6-3-5-12-4-1-2-7-15(12)13/h1-2,4,7-10,13,20H,3,5-6,11H2. The normalized spacial score (nSPS) is 17.6. The van der Waals surface area contributed by atoms with Crippen LogP contribution in [0.15, 0.2) is 51.4 Å². The highest BCUT2D eigenvalue weighted by molar-refractivity contribution is 9.11. The summed E-state index contributed by atoms with van der Waals surface area (Å²) in [5, 5.41) is 3.59. The van der Waals surface area contributed by atoms with Crippen LogP contribution in [-0.2, 0) is 6.42 Å². The van der Waals surface area contributed by atoms with Gasteiger partial charge >= 0.3 is 0 Å². The molecule has 0 fully saturated rings. The summed E-state index contributed by atoms with van der Waals surface area (Å²) in [4.78, 5) is 0. The van der Waals surface area contributed by atoms with E-state index >= 15 is 0 Å². The van der Waals surface area contributed by atoms with Gasteiger partial charge in [0.1, 0.15) is 0 Å². The molecule has 3 heteroatoms. The summed E-state index contributed by atoms with van der Waals surface area (Å²) in [7, 11) is 0. The van der Waals surface area contributed by atoms with E-state index in [1.54, 1.807) is 0 Å². The Morgan fingerprint density at radius 2 is 1.95 bits per heavy atom. The Labute approximate surface area is 137 Å². The van der Waals surface area contributed by atoms with Crippen LogP contribution >= 0.6 is 31.9 Å². The minimum atomic E-state index is 0.617. The molecule has 0 aliphatic heterocycles. The lowest BCUT2D eigenvalue weighted by molar-refractivity contribution is 0.571. The Morgan fingerprint density at radius 1 is 1.10 bits per heavy atom. The van der Waals surface area contributed by atoms with Crippen molar-refractivity contribution in [3.8, 4) is 0 Å². The largest absolute Gasteiger partial charge is 0.383 e. The van der Waals surface area contributed by atoms with Gasteiger partial charge in [-0.25, -0.2) is 0 Å². The van der Waals surface area contributed by atoms with E-state index in [0.29, 0.717) is 5.92 Å². The van der Waals surface area contributed by atoms with E-state index in [-0.39, 0.29) is 0 Å². The lowest BCUT2D eigenvalue weighted by Gasteiger charge is -2.26. The molecular weight excluding hydrogens is 378 g/mol. The maximum Gasteiger partial charge on any atom is 0.0496 e. The molecule has 0 saturated heterocycles. The number of benzene rings is 2. The molecule has 2 aromatic carbocycles. The first-order valence-corrected chi connectivity index (χ1v) is 8.59. The number of anilines is 1. The average Bonchev–Trinajstić information content (AvgIpc) is 2.48. The van der Waals surface area contributed by atoms with Crippen molar-refractivity contribution in [3.63, 3.8) is 0 Å². The van der Waals surface area contributed by atoms with Crippen LogP contribution in [0, 0.1) is 0 Å². The predicted molar refractivity (Wildman–Crippen MR) is 92.5 cm³/mol. The Bertz CT molecular complexity index is 610. The molecule has 1 aliphatic rings. The number of fused-ring (bicyclic) bond motifs is 1. The van der Waals surface area contributed by atoms with E-state index < -0.39 is 0 Å². The molecule has 0 saturated carbocycles. The first kappa shape index (κ1) is 14.2. The van der Waals surface area contributed by atoms with Crippen LogP contribution in [0.3, 0.4) is 0 Å². The van der Waals surface area contributed by atoms with Gasteiger partial charge in [0, 0.05) is 27.1 Å². The SMILES string of the molecule is Brc1ccc(Br)c(NCC2CCCc3ccccc32)c1. The fraction of sp³-hybridized carbons (Fsp3) is 0.294. The second-order valence-electron chi connectivity index (χ2n) is 5.29. The summed E-state index contributed by atoms with van der Waals surface area (Å²) >= 11 is 7.13. The van der Waals surface area contributed by atoms with E-state index in [4.69, 9.17) is 0 Å². The van der Waals surface area contributed by atoms with Crippen LogP contribution in [0.25, 0.3) is 0 Å². The van der Waals surface area contributed by atoms with Crippen molar-refractivity contribution in [2.75, 3.05) is 11.9 Å². The lowest BCUT2D eigenvalue weighted by Crippen LogP contribution is -2.18. The Hall–Kier alpha value is -0.800. The van der Waals surface area contributed by atoms with E-state index in [1.165, 1.54) is 30.4 Å². The van der Waals surface area contributed by atoms with Crippen molar-refractivity contribution in [1.82, 2.24) is 0 Å². The zero-order chi connectivity index (χ0) is 13.9. The maximum atomic E-state index is 3.60. The van der Waals surface area contributed by atoms with Crippen molar-refractivity contribution in [2.24, 2.45) is 0 Å². The van der Waals surface area contributed by atoms with Crippen molar-refractivity contribution < 1.29 is 0 Å². The van der Waals surface area contributed by atoms with Crippen LogP contribution < -0.4 is 5.32 Å². The molecule has 0 bridgehead atoms. The summed E-state index contributed by atoms with van der Waals surface area (Å²) in [6, 6.07) is 15.1. The van der Waals surface area contributed by atoms with Crippen LogP contribution in [0.4, 0.5) is 5.69 Å². The highest BCUT2D eigenvalue weighted by Crippen LogP contribution is 2.33. The summed E-state index contributed by atoms with van der Waals surface area (Å²) in [6.45, 7) is 0.992. The highest BCUT2D eigenvalue weighted by atomic mass is 79.9. The molecule has 104 valence electrons. The zero-order valence-corrected chi connectivity index (χ0v) is 14.4. The van der Waals surface area contributed by atoms with Gasteiger partial charge in [0.2, 0.25) is 0 Å². The van der Waals surface area contributed by atoms with E-state index in [9.17, 15) is 0 Å². The lowest BCUT2D eigenvalue weighted by atomic mass is 9.83. The molecule has 1 aliphatic carbocycles. The second-order valence-corrected chi connectivity index (χ2v) is 7.06. The van der Waals surface area contributed by atoms with Gasteiger partial charge in [0.05, 0.1) is 0 Å². The number of halogens is 2. The van der Waals surface area contributed by atoms with Crippen LogP contribution in [0.1, 0.15) is 29.9 Å². The van der Waals surface area contributed by atoms with Crippen molar-refractivity contribution in [3.05, 3.63) is 62.5 Å². The fourth-order valence-corrected chi connectivity index (χ4v) is 3.68. The third-order valence-corrected chi connectivity index (χ3v) is 5.15. The number of aryl methyl sites for hydroxylation is 1. The Morgan fingerprint density at radius 3 is 2.85 bits per heavy atom. The Balaban J connectivity index is 1.75. The van der Waals surface area contributed by atoms with Gasteiger partial charge in [-0.2, -0.15) is 0 Å². The third kappa shape index (κ3) is 3.09. The topological polar surface area (TPSA) is 12.0 Å². The molecule has 1 N–H and O–H groups in total. The average molecular weight is 395 g/mol. The quantitative estimate of drug-likeness (QED) is 0.699. The van der Waals surface area contributed by atoms with E-state index in [0.717, 1.165) is 21.2 Å². The Kier molecular flexibility index (Phi) is 4.47. The molecule has 0 spiro atoms. The summed E-state index contributed by atoms with van der Waals surface area (Å²) in [5.41, 5.74) is 4.21.